The minimum Gasteiger partial charge on any atom is -0.465 e. The Morgan fingerprint density at radius 1 is 1.50 bits per heavy atom. The van der Waals surface area contributed by atoms with Crippen molar-refractivity contribution in [3.8, 4) is 0 Å². The van der Waals surface area contributed by atoms with Gasteiger partial charge in [-0.2, -0.15) is 0 Å². The highest BCUT2D eigenvalue weighted by Gasteiger charge is 2.21. The minimum atomic E-state index is 0.547. The predicted molar refractivity (Wildman–Crippen MR) is 65.4 cm³/mol. The molecule has 0 aromatic carbocycles. The Kier molecular flexibility index (Phi) is 3.66. The third-order valence-electron chi connectivity index (χ3n) is 3.23. The molecular formula is C13H22N2O. The van der Waals surface area contributed by atoms with Gasteiger partial charge in [-0.1, -0.05) is 0 Å². The number of nitrogens with zero attached hydrogens (tertiary/aromatic N) is 1. The average molecular weight is 222 g/mol. The number of nitrogens with one attached hydrogen (secondary N) is 1. The molecule has 1 saturated carbocycles. The number of rotatable bonds is 6. The molecule has 1 aliphatic rings. The number of hydrogen-bond donors (Lipinski definition) is 1. The average Bonchev–Trinajstić information content (AvgIpc) is 2.99. The summed E-state index contributed by atoms with van der Waals surface area (Å²) in [6.45, 7) is 6.20. The third kappa shape index (κ3) is 3.35. The van der Waals surface area contributed by atoms with E-state index in [0.717, 1.165) is 30.7 Å². The molecule has 0 aliphatic heterocycles. The molecular weight excluding hydrogens is 200 g/mol. The van der Waals surface area contributed by atoms with Gasteiger partial charge in [0.1, 0.15) is 11.5 Å². The van der Waals surface area contributed by atoms with Gasteiger partial charge < -0.3 is 9.73 Å². The van der Waals surface area contributed by atoms with E-state index in [1.165, 1.54) is 12.8 Å². The Morgan fingerprint density at radius 3 is 2.81 bits per heavy atom. The highest BCUT2D eigenvalue weighted by Crippen LogP contribution is 2.18. The molecule has 1 atom stereocenters. The van der Waals surface area contributed by atoms with Crippen molar-refractivity contribution in [2.45, 2.75) is 45.3 Å². The molecule has 0 saturated heterocycles. The fraction of sp³-hybridized carbons (Fsp3) is 0.692. The lowest BCUT2D eigenvalue weighted by atomic mass is 10.2. The van der Waals surface area contributed by atoms with Crippen LogP contribution >= 0.6 is 0 Å². The van der Waals surface area contributed by atoms with E-state index >= 15 is 0 Å². The van der Waals surface area contributed by atoms with Crippen molar-refractivity contribution >= 4 is 0 Å². The normalized spacial score (nSPS) is 18.0. The monoisotopic (exact) mass is 222 g/mol. The van der Waals surface area contributed by atoms with Crippen molar-refractivity contribution in [2.24, 2.45) is 0 Å². The molecule has 0 bridgehead atoms. The number of furan rings is 1. The van der Waals surface area contributed by atoms with Crippen LogP contribution in [0, 0.1) is 6.92 Å². The summed E-state index contributed by atoms with van der Waals surface area (Å²) in [5.74, 6) is 2.05. The van der Waals surface area contributed by atoms with Crippen LogP contribution in [-0.4, -0.2) is 30.6 Å². The molecule has 16 heavy (non-hydrogen) atoms. The molecule has 0 spiro atoms. The van der Waals surface area contributed by atoms with Crippen LogP contribution < -0.4 is 5.32 Å². The second kappa shape index (κ2) is 5.02. The SMILES string of the molecule is Cc1ccc(CN(C)C(C)CNC2CC2)o1. The Labute approximate surface area is 97.8 Å². The lowest BCUT2D eigenvalue weighted by molar-refractivity contribution is 0.223. The van der Waals surface area contributed by atoms with Crippen LogP contribution in [0.1, 0.15) is 31.3 Å². The Hall–Kier alpha value is -0.800. The van der Waals surface area contributed by atoms with Gasteiger partial charge in [0, 0.05) is 18.6 Å². The third-order valence-corrected chi connectivity index (χ3v) is 3.23. The zero-order valence-corrected chi connectivity index (χ0v) is 10.5. The van der Waals surface area contributed by atoms with Crippen LogP contribution in [0.2, 0.25) is 0 Å². The molecule has 2 rings (SSSR count). The van der Waals surface area contributed by atoms with Gasteiger partial charge in [-0.25, -0.2) is 0 Å². The van der Waals surface area contributed by atoms with Crippen molar-refractivity contribution in [1.82, 2.24) is 10.2 Å². The molecule has 1 unspecified atom stereocenters. The predicted octanol–water partition coefficient (Wildman–Crippen LogP) is 2.16. The molecule has 0 radical (unpaired) electrons. The van der Waals surface area contributed by atoms with Crippen LogP contribution in [0.25, 0.3) is 0 Å². The first-order valence-corrected chi connectivity index (χ1v) is 6.14. The van der Waals surface area contributed by atoms with Crippen LogP contribution in [0.15, 0.2) is 16.5 Å². The summed E-state index contributed by atoms with van der Waals surface area (Å²) >= 11 is 0. The zero-order chi connectivity index (χ0) is 11.5. The highest BCUT2D eigenvalue weighted by atomic mass is 16.3. The van der Waals surface area contributed by atoms with Gasteiger partial charge in [0.05, 0.1) is 6.54 Å². The summed E-state index contributed by atoms with van der Waals surface area (Å²) in [6, 6.07) is 5.43. The Morgan fingerprint density at radius 2 is 2.25 bits per heavy atom. The quantitative estimate of drug-likeness (QED) is 0.799. The number of likely N-dealkylation sites (N-methyl/N-ethyl adjacent to an activating group) is 1. The molecule has 3 nitrogen and oxygen atoms in total. The zero-order valence-electron chi connectivity index (χ0n) is 10.5. The standard InChI is InChI=1S/C13H22N2O/c1-10(8-14-12-5-6-12)15(3)9-13-7-4-11(2)16-13/h4,7,10,12,14H,5-6,8-9H2,1-3H3. The van der Waals surface area contributed by atoms with E-state index in [1.54, 1.807) is 0 Å². The maximum Gasteiger partial charge on any atom is 0.118 e. The van der Waals surface area contributed by atoms with Crippen LogP contribution in [0.4, 0.5) is 0 Å². The maximum absolute atomic E-state index is 5.58. The van der Waals surface area contributed by atoms with Crippen LogP contribution in [0.5, 0.6) is 0 Å². The van der Waals surface area contributed by atoms with E-state index in [1.807, 2.05) is 13.0 Å². The van der Waals surface area contributed by atoms with E-state index in [2.05, 4.69) is 30.3 Å². The highest BCUT2D eigenvalue weighted by molar-refractivity contribution is 5.05. The van der Waals surface area contributed by atoms with Gasteiger partial charge in [-0.15, -0.1) is 0 Å². The van der Waals surface area contributed by atoms with Crippen molar-refractivity contribution in [2.75, 3.05) is 13.6 Å². The van der Waals surface area contributed by atoms with Gasteiger partial charge in [-0.3, -0.25) is 4.90 Å². The summed E-state index contributed by atoms with van der Waals surface area (Å²) in [5, 5.41) is 3.56. The van der Waals surface area contributed by atoms with E-state index in [-0.39, 0.29) is 0 Å². The summed E-state index contributed by atoms with van der Waals surface area (Å²) in [4.78, 5) is 2.33. The summed E-state index contributed by atoms with van der Waals surface area (Å²) in [5.41, 5.74) is 0. The molecule has 1 aromatic rings. The molecule has 0 amide bonds. The van der Waals surface area contributed by atoms with Crippen molar-refractivity contribution in [1.29, 1.82) is 0 Å². The fourth-order valence-electron chi connectivity index (χ4n) is 1.75. The van der Waals surface area contributed by atoms with Crippen LogP contribution in [-0.2, 0) is 6.54 Å². The van der Waals surface area contributed by atoms with Crippen molar-refractivity contribution < 1.29 is 4.42 Å². The molecule has 1 heterocycles. The molecule has 1 aromatic heterocycles. The lowest BCUT2D eigenvalue weighted by Crippen LogP contribution is -2.38. The first-order chi connectivity index (χ1) is 7.65. The minimum absolute atomic E-state index is 0.547. The van der Waals surface area contributed by atoms with Crippen molar-refractivity contribution in [3.05, 3.63) is 23.7 Å². The second-order valence-corrected chi connectivity index (χ2v) is 4.96. The van der Waals surface area contributed by atoms with E-state index in [4.69, 9.17) is 4.42 Å². The molecule has 1 N–H and O–H groups in total. The topological polar surface area (TPSA) is 28.4 Å². The van der Waals surface area contributed by atoms with Gasteiger partial charge in [0.25, 0.3) is 0 Å². The van der Waals surface area contributed by atoms with Gasteiger partial charge in [-0.05, 0) is 45.9 Å². The number of hydrogen-bond acceptors (Lipinski definition) is 3. The van der Waals surface area contributed by atoms with E-state index in [0.29, 0.717) is 6.04 Å². The van der Waals surface area contributed by atoms with Gasteiger partial charge in [0.15, 0.2) is 0 Å². The summed E-state index contributed by atoms with van der Waals surface area (Å²) in [7, 11) is 2.15. The Balaban J connectivity index is 1.74. The Bertz CT molecular complexity index is 330. The summed E-state index contributed by atoms with van der Waals surface area (Å²) < 4.78 is 5.58. The largest absolute Gasteiger partial charge is 0.465 e. The molecule has 1 fully saturated rings. The molecule has 90 valence electrons. The maximum atomic E-state index is 5.58. The fourth-order valence-corrected chi connectivity index (χ4v) is 1.75. The van der Waals surface area contributed by atoms with Gasteiger partial charge >= 0.3 is 0 Å². The van der Waals surface area contributed by atoms with E-state index < -0.39 is 0 Å². The number of aryl methyl sites for hydroxylation is 1. The first kappa shape index (κ1) is 11.7. The van der Waals surface area contributed by atoms with Crippen molar-refractivity contribution in [3.63, 3.8) is 0 Å². The lowest BCUT2D eigenvalue weighted by Gasteiger charge is -2.24. The van der Waals surface area contributed by atoms with Gasteiger partial charge in [0.2, 0.25) is 0 Å². The molecule has 3 heteroatoms. The smallest absolute Gasteiger partial charge is 0.118 e. The summed E-state index contributed by atoms with van der Waals surface area (Å²) in [6.07, 6.45) is 2.71. The first-order valence-electron chi connectivity index (χ1n) is 6.14. The second-order valence-electron chi connectivity index (χ2n) is 4.96. The van der Waals surface area contributed by atoms with E-state index in [9.17, 15) is 0 Å². The molecule has 1 aliphatic carbocycles. The van der Waals surface area contributed by atoms with Crippen LogP contribution in [0.3, 0.4) is 0 Å².